The van der Waals surface area contributed by atoms with Gasteiger partial charge in [0.05, 0.1) is 10.7 Å². The van der Waals surface area contributed by atoms with Gasteiger partial charge in [0.25, 0.3) is 0 Å². The summed E-state index contributed by atoms with van der Waals surface area (Å²) in [5.41, 5.74) is 1.27. The first kappa shape index (κ1) is 13.0. The van der Waals surface area contributed by atoms with Gasteiger partial charge in [0.15, 0.2) is 0 Å². The Morgan fingerprint density at radius 3 is 2.65 bits per heavy atom. The van der Waals surface area contributed by atoms with E-state index in [1.54, 1.807) is 23.9 Å². The molecule has 1 aliphatic heterocycles. The van der Waals surface area contributed by atoms with Crippen molar-refractivity contribution >= 4 is 23.9 Å². The summed E-state index contributed by atoms with van der Waals surface area (Å²) < 4.78 is 2.18. The third kappa shape index (κ3) is 4.39. The Kier molecular flexibility index (Phi) is 3.88. The van der Waals surface area contributed by atoms with Crippen LogP contribution in [0.15, 0.2) is 23.0 Å². The maximum absolute atomic E-state index is 3.56. The zero-order chi connectivity index (χ0) is 12.5. The van der Waals surface area contributed by atoms with E-state index >= 15 is 0 Å². The molecule has 0 aromatic heterocycles. The van der Waals surface area contributed by atoms with Crippen LogP contribution in [-0.4, -0.2) is 21.5 Å². The molecule has 5 heteroatoms. The molecule has 1 saturated carbocycles. The Labute approximate surface area is 113 Å². The van der Waals surface area contributed by atoms with Crippen LogP contribution in [-0.2, 0) is 0 Å². The predicted octanol–water partition coefficient (Wildman–Crippen LogP) is 3.05. The number of nitrogens with one attached hydrogen (secondary N) is 2. The van der Waals surface area contributed by atoms with Crippen molar-refractivity contribution in [1.29, 1.82) is 0 Å². The molecule has 1 heterocycles. The summed E-state index contributed by atoms with van der Waals surface area (Å²) in [4.78, 5) is 0. The highest BCUT2D eigenvalue weighted by molar-refractivity contribution is 8.13. The van der Waals surface area contributed by atoms with Crippen LogP contribution in [0.1, 0.15) is 33.6 Å². The molecule has 0 amide bonds. The molecule has 0 spiro atoms. The van der Waals surface area contributed by atoms with Crippen molar-refractivity contribution in [2.45, 2.75) is 45.2 Å². The van der Waals surface area contributed by atoms with Crippen molar-refractivity contribution in [1.82, 2.24) is 14.3 Å². The SMILES string of the molecule is CSN1C=C(NC(C)(C)C)C=C(NC2CC2)S1. The number of nitrogens with zero attached hydrogens (tertiary/aromatic N) is 1. The first-order chi connectivity index (χ1) is 7.96. The van der Waals surface area contributed by atoms with Gasteiger partial charge in [0, 0.05) is 36.0 Å². The molecule has 0 saturated heterocycles. The van der Waals surface area contributed by atoms with E-state index in [0.717, 1.165) is 0 Å². The molecule has 1 aliphatic carbocycles. The molecule has 0 radical (unpaired) electrons. The topological polar surface area (TPSA) is 27.3 Å². The molecule has 0 aromatic carbocycles. The van der Waals surface area contributed by atoms with Crippen molar-refractivity contribution in [3.63, 3.8) is 0 Å². The summed E-state index contributed by atoms with van der Waals surface area (Å²) in [5, 5.41) is 8.33. The second kappa shape index (κ2) is 5.06. The second-order valence-electron chi connectivity index (χ2n) is 5.45. The van der Waals surface area contributed by atoms with Crippen LogP contribution in [0, 0.1) is 0 Å². The van der Waals surface area contributed by atoms with Crippen molar-refractivity contribution < 1.29 is 0 Å². The molecule has 3 nitrogen and oxygen atoms in total. The summed E-state index contributed by atoms with van der Waals surface area (Å²) in [5.74, 6) is 0. The lowest BCUT2D eigenvalue weighted by molar-refractivity contribution is 0.476. The molecule has 0 bridgehead atoms. The summed E-state index contributed by atoms with van der Waals surface area (Å²) >= 11 is 3.49. The second-order valence-corrected chi connectivity index (χ2v) is 7.45. The average molecular weight is 271 g/mol. The van der Waals surface area contributed by atoms with Gasteiger partial charge < -0.3 is 10.6 Å². The fourth-order valence-corrected chi connectivity index (χ4v) is 3.05. The monoisotopic (exact) mass is 271 g/mol. The lowest BCUT2D eigenvalue weighted by Gasteiger charge is -2.29. The van der Waals surface area contributed by atoms with Crippen LogP contribution in [0.5, 0.6) is 0 Å². The molecular formula is C12H21N3S2. The van der Waals surface area contributed by atoms with Crippen LogP contribution >= 0.6 is 23.9 Å². The predicted molar refractivity (Wildman–Crippen MR) is 78.2 cm³/mol. The van der Waals surface area contributed by atoms with E-state index in [1.807, 2.05) is 0 Å². The van der Waals surface area contributed by atoms with Crippen molar-refractivity contribution in [3.05, 3.63) is 23.0 Å². The van der Waals surface area contributed by atoms with Gasteiger partial charge in [-0.05, 0) is 51.6 Å². The Morgan fingerprint density at radius 2 is 2.12 bits per heavy atom. The molecule has 0 atom stereocenters. The average Bonchev–Trinajstić information content (AvgIpc) is 2.98. The minimum atomic E-state index is 0.0963. The number of allylic oxidation sites excluding steroid dienone is 1. The van der Waals surface area contributed by atoms with E-state index in [2.05, 4.69) is 53.6 Å². The molecule has 0 unspecified atom stereocenters. The van der Waals surface area contributed by atoms with Crippen molar-refractivity contribution in [2.24, 2.45) is 0 Å². The van der Waals surface area contributed by atoms with Gasteiger partial charge in [-0.2, -0.15) is 0 Å². The Bertz CT molecular complexity index is 340. The van der Waals surface area contributed by atoms with E-state index in [0.29, 0.717) is 6.04 Å². The van der Waals surface area contributed by atoms with E-state index in [4.69, 9.17) is 0 Å². The van der Waals surface area contributed by atoms with E-state index in [1.165, 1.54) is 23.6 Å². The maximum Gasteiger partial charge on any atom is 0.0925 e. The first-order valence-electron chi connectivity index (χ1n) is 5.96. The highest BCUT2D eigenvalue weighted by Gasteiger charge is 2.24. The molecule has 2 rings (SSSR count). The summed E-state index contributed by atoms with van der Waals surface area (Å²) in [6, 6.07) is 0.700. The number of hydrogen-bond donors (Lipinski definition) is 2. The highest BCUT2D eigenvalue weighted by Crippen LogP contribution is 2.34. The van der Waals surface area contributed by atoms with Gasteiger partial charge in [-0.1, -0.05) is 0 Å². The standard InChI is InChI=1S/C12H21N3S2/c1-12(2,3)14-10-7-11(13-9-5-6-9)17-15(8-10)16-4/h7-9,13-14H,5-6H2,1-4H3. The molecule has 2 aliphatic rings. The van der Waals surface area contributed by atoms with Crippen LogP contribution in [0.25, 0.3) is 0 Å². The third-order valence-electron chi connectivity index (χ3n) is 2.34. The van der Waals surface area contributed by atoms with Crippen LogP contribution < -0.4 is 10.6 Å². The fourth-order valence-electron chi connectivity index (χ4n) is 1.53. The van der Waals surface area contributed by atoms with Crippen LogP contribution in [0.4, 0.5) is 0 Å². The Hall–Kier alpha value is -0.420. The third-order valence-corrected chi connectivity index (χ3v) is 4.20. The zero-order valence-electron chi connectivity index (χ0n) is 10.9. The largest absolute Gasteiger partial charge is 0.379 e. The lowest BCUT2D eigenvalue weighted by Crippen LogP contribution is -2.36. The first-order valence-corrected chi connectivity index (χ1v) is 7.91. The normalized spacial score (nSPS) is 20.8. The molecule has 0 aromatic rings. The van der Waals surface area contributed by atoms with Crippen LogP contribution in [0.3, 0.4) is 0 Å². The summed E-state index contributed by atoms with van der Waals surface area (Å²) in [6.07, 6.45) is 9.07. The van der Waals surface area contributed by atoms with E-state index in [9.17, 15) is 0 Å². The van der Waals surface area contributed by atoms with E-state index in [-0.39, 0.29) is 5.54 Å². The quantitative estimate of drug-likeness (QED) is 0.767. The van der Waals surface area contributed by atoms with E-state index < -0.39 is 0 Å². The summed E-state index contributed by atoms with van der Waals surface area (Å²) in [7, 11) is 0. The Morgan fingerprint density at radius 1 is 1.41 bits per heavy atom. The minimum Gasteiger partial charge on any atom is -0.379 e. The number of hydrogen-bond acceptors (Lipinski definition) is 5. The molecule has 1 fully saturated rings. The van der Waals surface area contributed by atoms with Gasteiger partial charge >= 0.3 is 0 Å². The lowest BCUT2D eigenvalue weighted by atomic mass is 10.1. The highest BCUT2D eigenvalue weighted by atomic mass is 32.2. The van der Waals surface area contributed by atoms with Crippen molar-refractivity contribution in [3.8, 4) is 0 Å². The summed E-state index contributed by atoms with van der Waals surface area (Å²) in [6.45, 7) is 6.54. The fraction of sp³-hybridized carbons (Fsp3) is 0.667. The minimum absolute atomic E-state index is 0.0963. The molecule has 96 valence electrons. The van der Waals surface area contributed by atoms with Gasteiger partial charge in [-0.15, -0.1) is 0 Å². The molecular weight excluding hydrogens is 250 g/mol. The molecule has 17 heavy (non-hydrogen) atoms. The zero-order valence-corrected chi connectivity index (χ0v) is 12.5. The van der Waals surface area contributed by atoms with Gasteiger partial charge in [0.2, 0.25) is 0 Å². The number of rotatable bonds is 4. The van der Waals surface area contributed by atoms with Gasteiger partial charge in [-0.3, -0.25) is 3.71 Å². The van der Waals surface area contributed by atoms with Gasteiger partial charge in [0.1, 0.15) is 0 Å². The Balaban J connectivity index is 2.04. The smallest absolute Gasteiger partial charge is 0.0925 e. The van der Waals surface area contributed by atoms with Crippen LogP contribution in [0.2, 0.25) is 0 Å². The molecule has 2 N–H and O–H groups in total. The maximum atomic E-state index is 3.56. The van der Waals surface area contributed by atoms with Gasteiger partial charge in [-0.25, -0.2) is 0 Å². The van der Waals surface area contributed by atoms with Crippen molar-refractivity contribution in [2.75, 3.05) is 6.26 Å².